The number of hydrogen-bond donors (Lipinski definition) is 0. The van der Waals surface area contributed by atoms with Crippen LogP contribution in [0.25, 0.3) is 23.1 Å². The molecule has 0 radical (unpaired) electrons. The SMILES string of the molecule is C=Cc1oc2c(Br)c(C(=O)Cl)ccc2c1/C=C\C. The van der Waals surface area contributed by atoms with E-state index in [1.807, 2.05) is 25.1 Å². The second-order valence-corrected chi connectivity index (χ2v) is 4.80. The molecule has 0 spiro atoms. The Morgan fingerprint density at radius 3 is 2.78 bits per heavy atom. The molecule has 18 heavy (non-hydrogen) atoms. The zero-order valence-corrected chi connectivity index (χ0v) is 12.0. The number of hydrogen-bond acceptors (Lipinski definition) is 2. The van der Waals surface area contributed by atoms with Crippen LogP contribution in [0.2, 0.25) is 0 Å². The molecule has 0 N–H and O–H groups in total. The summed E-state index contributed by atoms with van der Waals surface area (Å²) in [6.45, 7) is 5.65. The summed E-state index contributed by atoms with van der Waals surface area (Å²) in [7, 11) is 0. The van der Waals surface area contributed by atoms with Gasteiger partial charge >= 0.3 is 0 Å². The van der Waals surface area contributed by atoms with Crippen molar-refractivity contribution in [3.63, 3.8) is 0 Å². The summed E-state index contributed by atoms with van der Waals surface area (Å²) in [5.41, 5.74) is 1.93. The molecule has 1 aromatic carbocycles. The van der Waals surface area contributed by atoms with Gasteiger partial charge in [0.25, 0.3) is 5.24 Å². The van der Waals surface area contributed by atoms with Crippen molar-refractivity contribution in [2.75, 3.05) is 0 Å². The highest BCUT2D eigenvalue weighted by Crippen LogP contribution is 2.35. The van der Waals surface area contributed by atoms with Gasteiger partial charge in [-0.05, 0) is 52.7 Å². The molecule has 0 fully saturated rings. The quantitative estimate of drug-likeness (QED) is 0.721. The molecule has 0 bridgehead atoms. The standard InChI is InChI=1S/C14H10BrClO2/c1-3-5-8-9-6-7-10(14(16)17)12(15)13(9)18-11(8)4-2/h3-7H,2H2,1H3/b5-3-. The molecule has 92 valence electrons. The molecule has 0 aliphatic carbocycles. The van der Waals surface area contributed by atoms with Crippen molar-refractivity contribution in [2.24, 2.45) is 0 Å². The first-order valence-corrected chi connectivity index (χ1v) is 6.47. The minimum atomic E-state index is -0.520. The fourth-order valence-corrected chi connectivity index (χ4v) is 2.69. The van der Waals surface area contributed by atoms with Crippen molar-refractivity contribution in [2.45, 2.75) is 6.92 Å². The van der Waals surface area contributed by atoms with Crippen molar-refractivity contribution in [3.8, 4) is 0 Å². The lowest BCUT2D eigenvalue weighted by atomic mass is 10.1. The average Bonchev–Trinajstić information content (AvgIpc) is 2.69. The summed E-state index contributed by atoms with van der Waals surface area (Å²) >= 11 is 8.86. The fourth-order valence-electron chi connectivity index (χ4n) is 1.81. The summed E-state index contributed by atoms with van der Waals surface area (Å²) in [5, 5.41) is 0.393. The molecule has 2 aromatic rings. The van der Waals surface area contributed by atoms with Gasteiger partial charge in [0.2, 0.25) is 0 Å². The van der Waals surface area contributed by atoms with Gasteiger partial charge in [-0.25, -0.2) is 0 Å². The summed E-state index contributed by atoms with van der Waals surface area (Å²) < 4.78 is 6.26. The molecule has 0 aliphatic heterocycles. The highest BCUT2D eigenvalue weighted by atomic mass is 79.9. The summed E-state index contributed by atoms with van der Waals surface area (Å²) in [6.07, 6.45) is 5.51. The third kappa shape index (κ3) is 2.04. The highest BCUT2D eigenvalue weighted by Gasteiger charge is 2.17. The molecule has 0 saturated carbocycles. The topological polar surface area (TPSA) is 30.2 Å². The van der Waals surface area contributed by atoms with Gasteiger partial charge in [-0.1, -0.05) is 18.7 Å². The van der Waals surface area contributed by atoms with E-state index in [4.69, 9.17) is 16.0 Å². The van der Waals surface area contributed by atoms with Gasteiger partial charge in [0.1, 0.15) is 11.3 Å². The zero-order valence-electron chi connectivity index (χ0n) is 9.67. The van der Waals surface area contributed by atoms with Gasteiger partial charge < -0.3 is 4.42 Å². The van der Waals surface area contributed by atoms with E-state index in [-0.39, 0.29) is 0 Å². The van der Waals surface area contributed by atoms with Crippen LogP contribution < -0.4 is 0 Å². The van der Waals surface area contributed by atoms with Gasteiger partial charge in [0, 0.05) is 10.9 Å². The monoisotopic (exact) mass is 324 g/mol. The fraction of sp³-hybridized carbons (Fsp3) is 0.0714. The minimum absolute atomic E-state index is 0.389. The van der Waals surface area contributed by atoms with Crippen molar-refractivity contribution < 1.29 is 9.21 Å². The van der Waals surface area contributed by atoms with E-state index in [0.29, 0.717) is 21.4 Å². The Morgan fingerprint density at radius 2 is 2.22 bits per heavy atom. The lowest BCUT2D eigenvalue weighted by Gasteiger charge is -1.99. The Morgan fingerprint density at radius 1 is 1.50 bits per heavy atom. The summed E-state index contributed by atoms with van der Waals surface area (Å²) in [5.74, 6) is 0.669. The molecule has 2 nitrogen and oxygen atoms in total. The van der Waals surface area contributed by atoms with Gasteiger partial charge in [0.05, 0.1) is 10.0 Å². The number of carbonyl (C=O) groups excluding carboxylic acids is 1. The number of fused-ring (bicyclic) bond motifs is 1. The number of benzene rings is 1. The van der Waals surface area contributed by atoms with Crippen molar-refractivity contribution in [3.05, 3.63) is 46.1 Å². The third-order valence-corrected chi connectivity index (χ3v) is 3.59. The lowest BCUT2D eigenvalue weighted by Crippen LogP contribution is -1.90. The number of halogens is 2. The van der Waals surface area contributed by atoms with Crippen LogP contribution in [-0.2, 0) is 0 Å². The van der Waals surface area contributed by atoms with E-state index < -0.39 is 5.24 Å². The van der Waals surface area contributed by atoms with Crippen LogP contribution in [0, 0.1) is 0 Å². The normalized spacial score (nSPS) is 11.3. The molecule has 0 saturated heterocycles. The van der Waals surface area contributed by atoms with Crippen LogP contribution >= 0.6 is 27.5 Å². The largest absolute Gasteiger partial charge is 0.455 e. The molecule has 0 aliphatic rings. The second-order valence-electron chi connectivity index (χ2n) is 3.66. The van der Waals surface area contributed by atoms with Gasteiger partial charge in [-0.2, -0.15) is 0 Å². The first-order valence-electron chi connectivity index (χ1n) is 5.30. The molecule has 4 heteroatoms. The second kappa shape index (κ2) is 5.12. The van der Waals surface area contributed by atoms with Crippen LogP contribution in [0.1, 0.15) is 28.6 Å². The van der Waals surface area contributed by atoms with E-state index in [1.165, 1.54) is 0 Å². The minimum Gasteiger partial charge on any atom is -0.455 e. The molecule has 2 rings (SSSR count). The van der Waals surface area contributed by atoms with E-state index in [0.717, 1.165) is 10.9 Å². The van der Waals surface area contributed by atoms with E-state index in [2.05, 4.69) is 22.5 Å². The van der Waals surface area contributed by atoms with Crippen molar-refractivity contribution in [1.82, 2.24) is 0 Å². The number of rotatable bonds is 3. The zero-order chi connectivity index (χ0) is 13.3. The predicted molar refractivity (Wildman–Crippen MR) is 78.9 cm³/mol. The molecule has 1 aromatic heterocycles. The molecular weight excluding hydrogens is 316 g/mol. The molecule has 1 heterocycles. The van der Waals surface area contributed by atoms with Crippen molar-refractivity contribution >= 4 is 55.9 Å². The smallest absolute Gasteiger partial charge is 0.253 e. The molecule has 0 atom stereocenters. The number of furan rings is 1. The third-order valence-electron chi connectivity index (χ3n) is 2.60. The van der Waals surface area contributed by atoms with Gasteiger partial charge in [0.15, 0.2) is 0 Å². The predicted octanol–water partition coefficient (Wildman–Crippen LogP) is 5.25. The van der Waals surface area contributed by atoms with E-state index in [9.17, 15) is 4.79 Å². The van der Waals surface area contributed by atoms with Crippen LogP contribution in [0.4, 0.5) is 0 Å². The Kier molecular flexibility index (Phi) is 3.73. The molecule has 0 unspecified atom stereocenters. The highest BCUT2D eigenvalue weighted by molar-refractivity contribution is 9.10. The van der Waals surface area contributed by atoms with E-state index in [1.54, 1.807) is 12.1 Å². The number of carbonyl (C=O) groups is 1. The van der Waals surface area contributed by atoms with Crippen LogP contribution in [-0.4, -0.2) is 5.24 Å². The molecular formula is C14H10BrClO2. The summed E-state index contributed by atoms with van der Waals surface area (Å²) in [4.78, 5) is 11.3. The average molecular weight is 326 g/mol. The van der Waals surface area contributed by atoms with E-state index >= 15 is 0 Å². The maximum absolute atomic E-state index is 11.3. The summed E-state index contributed by atoms with van der Waals surface area (Å²) in [6, 6.07) is 3.50. The Balaban J connectivity index is 2.85. The first kappa shape index (κ1) is 13.1. The van der Waals surface area contributed by atoms with Gasteiger partial charge in [-0.3, -0.25) is 4.79 Å². The first-order chi connectivity index (χ1) is 8.60. The van der Waals surface area contributed by atoms with Crippen LogP contribution in [0.5, 0.6) is 0 Å². The van der Waals surface area contributed by atoms with Gasteiger partial charge in [-0.15, -0.1) is 0 Å². The Labute approximate surface area is 118 Å². The van der Waals surface area contributed by atoms with Crippen LogP contribution in [0.3, 0.4) is 0 Å². The maximum Gasteiger partial charge on any atom is 0.253 e. The number of allylic oxidation sites excluding steroid dienone is 1. The Bertz CT molecular complexity index is 668. The molecule has 0 amide bonds. The Hall–Kier alpha value is -1.32. The van der Waals surface area contributed by atoms with Crippen molar-refractivity contribution in [1.29, 1.82) is 0 Å². The van der Waals surface area contributed by atoms with Crippen LogP contribution in [0.15, 0.2) is 33.7 Å². The maximum atomic E-state index is 11.3. The lowest BCUT2D eigenvalue weighted by molar-refractivity contribution is 0.108.